The Balaban J connectivity index is 1.08. The Kier molecular flexibility index (Phi) is 5.05. The van der Waals surface area contributed by atoms with Gasteiger partial charge in [-0.25, -0.2) is 9.97 Å². The van der Waals surface area contributed by atoms with Gasteiger partial charge in [0.1, 0.15) is 23.1 Å². The number of rotatable bonds is 4. The summed E-state index contributed by atoms with van der Waals surface area (Å²) in [5.74, 6) is 2.72. The number of hydrogen-bond acceptors (Lipinski definition) is 5. The molecule has 0 radical (unpaired) electrons. The molecule has 228 valence electrons. The molecule has 3 aromatic heterocycles. The minimum atomic E-state index is -2.26. The number of aryl methyl sites for hydroxylation is 2. The molecule has 8 aromatic rings. The smallest absolute Gasteiger partial charge is 0.457 e. The van der Waals surface area contributed by atoms with Gasteiger partial charge in [0.05, 0.1) is 22.4 Å². The van der Waals surface area contributed by atoms with E-state index in [2.05, 4.69) is 86.9 Å². The molecule has 0 atom stereocenters. The molecule has 0 aliphatic carbocycles. The van der Waals surface area contributed by atoms with Gasteiger partial charge < -0.3 is 18.8 Å². The molecule has 7 nitrogen and oxygen atoms in total. The molecule has 10 rings (SSSR count). The van der Waals surface area contributed by atoms with Crippen LogP contribution in [0, 0.1) is 13.8 Å². The second-order valence-corrected chi connectivity index (χ2v) is 12.2. The van der Waals surface area contributed by atoms with E-state index in [9.17, 15) is 0 Å². The van der Waals surface area contributed by atoms with Crippen molar-refractivity contribution in [3.63, 3.8) is 0 Å². The molecule has 5 aromatic carbocycles. The molecule has 48 heavy (non-hydrogen) atoms. The van der Waals surface area contributed by atoms with Crippen LogP contribution in [0.1, 0.15) is 15.2 Å². The number of hydrogen-bond donors (Lipinski definition) is 0. The van der Waals surface area contributed by atoms with Gasteiger partial charge in [0.2, 0.25) is 0 Å². The van der Waals surface area contributed by atoms with Crippen molar-refractivity contribution in [1.82, 2.24) is 19.0 Å². The third kappa shape index (κ3) is 3.83. The number of pyridine rings is 1. The summed E-state index contributed by atoms with van der Waals surface area (Å²) in [4.78, 5) is 14.3. The number of para-hydroxylation sites is 4. The van der Waals surface area contributed by atoms with Crippen LogP contribution in [-0.2, 0) is 0 Å². The highest BCUT2D eigenvalue weighted by molar-refractivity contribution is 6.73. The Hall–Kier alpha value is -6.28. The van der Waals surface area contributed by atoms with E-state index in [1.807, 2.05) is 59.4 Å². The summed E-state index contributed by atoms with van der Waals surface area (Å²) in [7, 11) is -0.160. The van der Waals surface area contributed by atoms with E-state index in [1.54, 1.807) is 19.2 Å². The topological polar surface area (TPSA) is 51.4 Å². The van der Waals surface area contributed by atoms with Crippen LogP contribution in [0.4, 0.5) is 22.7 Å². The first-order valence-corrected chi connectivity index (χ1v) is 15.9. The fourth-order valence-electron chi connectivity index (χ4n) is 7.31. The second kappa shape index (κ2) is 10.1. The van der Waals surface area contributed by atoms with Crippen molar-refractivity contribution in [3.05, 3.63) is 151 Å². The largest absolute Gasteiger partial charge is 0.519 e. The summed E-state index contributed by atoms with van der Waals surface area (Å²) < 4.78 is 35.2. The predicted octanol–water partition coefficient (Wildman–Crippen LogP) is 9.59. The van der Waals surface area contributed by atoms with E-state index in [0.717, 1.165) is 55.9 Å². The summed E-state index contributed by atoms with van der Waals surface area (Å²) in [5, 5.41) is 2.06. The normalized spacial score (nSPS) is 14.3. The third-order valence-electron chi connectivity index (χ3n) is 9.48. The van der Waals surface area contributed by atoms with Crippen molar-refractivity contribution in [1.29, 1.82) is 0 Å². The highest BCUT2D eigenvalue weighted by atomic mass is 16.5. The Bertz CT molecular complexity index is 2670. The average molecular weight is 624 g/mol. The fraction of sp³-hybridized carbons (Fsp3) is 0.0500. The van der Waals surface area contributed by atoms with Crippen LogP contribution >= 0.6 is 0 Å². The number of aromatic nitrogens is 4. The van der Waals surface area contributed by atoms with Crippen molar-refractivity contribution in [2.75, 3.05) is 9.62 Å². The highest BCUT2D eigenvalue weighted by Gasteiger charge is 2.49. The van der Waals surface area contributed by atoms with Crippen LogP contribution in [0.25, 0.3) is 39.0 Å². The number of imidazole rings is 1. The zero-order chi connectivity index (χ0) is 34.4. The molecule has 0 saturated carbocycles. The lowest BCUT2D eigenvalue weighted by Crippen LogP contribution is -2.51. The Labute approximate surface area is 282 Å². The molecule has 0 spiro atoms. The lowest BCUT2D eigenvalue weighted by atomic mass is 9.82. The molecule has 2 aliphatic heterocycles. The lowest BCUT2D eigenvalue weighted by Gasteiger charge is -2.35. The fourth-order valence-corrected chi connectivity index (χ4v) is 7.31. The maximum absolute atomic E-state index is 8.11. The van der Waals surface area contributed by atoms with Crippen molar-refractivity contribution < 1.29 is 8.85 Å². The lowest BCUT2D eigenvalue weighted by molar-refractivity contribution is 0.483. The molecule has 0 N–H and O–H groups in total. The van der Waals surface area contributed by atoms with E-state index >= 15 is 0 Å². The van der Waals surface area contributed by atoms with Crippen LogP contribution < -0.4 is 14.4 Å². The number of ether oxygens (including phenoxy) is 1. The van der Waals surface area contributed by atoms with Gasteiger partial charge in [0.25, 0.3) is 0 Å². The molecule has 0 saturated heterocycles. The molecule has 0 amide bonds. The van der Waals surface area contributed by atoms with E-state index in [0.29, 0.717) is 22.9 Å². The minimum Gasteiger partial charge on any atom is -0.457 e. The first-order chi connectivity index (χ1) is 24.8. The average Bonchev–Trinajstić information content (AvgIpc) is 3.85. The zero-order valence-electron chi connectivity index (χ0n) is 28.9. The van der Waals surface area contributed by atoms with E-state index in [1.165, 1.54) is 0 Å². The zero-order valence-corrected chi connectivity index (χ0v) is 25.9. The number of nitrogens with zero attached hydrogens (tertiary/aromatic N) is 6. The molecule has 2 aliphatic rings. The molecule has 5 heterocycles. The summed E-state index contributed by atoms with van der Waals surface area (Å²) >= 11 is 0. The van der Waals surface area contributed by atoms with Crippen LogP contribution in [0.5, 0.6) is 11.5 Å². The van der Waals surface area contributed by atoms with Crippen molar-refractivity contribution in [3.8, 4) is 28.7 Å². The molecule has 0 unspecified atom stereocenters. The van der Waals surface area contributed by atoms with Crippen molar-refractivity contribution in [2.45, 2.75) is 13.8 Å². The molecular weight excluding hydrogens is 591 g/mol. The van der Waals surface area contributed by atoms with Gasteiger partial charge in [0, 0.05) is 56.5 Å². The second-order valence-electron chi connectivity index (χ2n) is 12.2. The summed E-state index contributed by atoms with van der Waals surface area (Å²) in [5.41, 5.74) is 8.07. The van der Waals surface area contributed by atoms with E-state index in [-0.39, 0.29) is 12.7 Å². The Morgan fingerprint density at radius 3 is 2.29 bits per heavy atom. The van der Waals surface area contributed by atoms with E-state index in [4.69, 9.17) is 18.8 Å². The van der Waals surface area contributed by atoms with Gasteiger partial charge in [0.15, 0.2) is 0 Å². The minimum absolute atomic E-state index is 0.160. The standard InChI is InChI=1S/C40H29BN6O/c1-26-22-39(43-25-27(26)2)45-34-13-7-6-12-31(34)32-18-16-30(24-38(32)45)48-29-17-19-35-33(23-29)40-42-20-21-44(40)41-46(28-10-4-3-5-11-28)36-14-8-9-15-37(36)47(35)41/h3-25H,1-2H3/i1D3. The number of benzene rings is 5. The molecular formula is C40H29BN6O. The maximum Gasteiger partial charge on any atom is 0.519 e. The summed E-state index contributed by atoms with van der Waals surface area (Å²) in [6, 6.07) is 40.9. The van der Waals surface area contributed by atoms with Crippen LogP contribution in [0.15, 0.2) is 140 Å². The van der Waals surface area contributed by atoms with Gasteiger partial charge in [-0.15, -0.1) is 0 Å². The van der Waals surface area contributed by atoms with Crippen molar-refractivity contribution in [2.24, 2.45) is 0 Å². The quantitative estimate of drug-likeness (QED) is 0.183. The van der Waals surface area contributed by atoms with Gasteiger partial charge >= 0.3 is 7.12 Å². The Morgan fingerprint density at radius 1 is 0.667 bits per heavy atom. The molecule has 0 fully saturated rings. The van der Waals surface area contributed by atoms with Crippen LogP contribution in [0.2, 0.25) is 0 Å². The number of fused-ring (bicyclic) bond motifs is 11. The number of anilines is 4. The highest BCUT2D eigenvalue weighted by Crippen LogP contribution is 2.52. The van der Waals surface area contributed by atoms with Gasteiger partial charge in [-0.3, -0.25) is 4.57 Å². The molecule has 8 heteroatoms. The van der Waals surface area contributed by atoms with Crippen molar-refractivity contribution >= 4 is 51.7 Å². The first kappa shape index (κ1) is 24.0. The predicted molar refractivity (Wildman–Crippen MR) is 194 cm³/mol. The Morgan fingerprint density at radius 2 is 1.42 bits per heavy atom. The summed E-state index contributed by atoms with van der Waals surface area (Å²) in [6.45, 7) is -0.476. The molecule has 0 bridgehead atoms. The maximum atomic E-state index is 8.11. The summed E-state index contributed by atoms with van der Waals surface area (Å²) in [6.07, 6.45) is 5.53. The van der Waals surface area contributed by atoms with Gasteiger partial charge in [-0.05, 0) is 91.6 Å². The van der Waals surface area contributed by atoms with Gasteiger partial charge in [-0.2, -0.15) is 0 Å². The van der Waals surface area contributed by atoms with Crippen LogP contribution in [-0.4, -0.2) is 26.1 Å². The van der Waals surface area contributed by atoms with Gasteiger partial charge in [-0.1, -0.05) is 48.5 Å². The van der Waals surface area contributed by atoms with E-state index < -0.39 is 6.85 Å². The third-order valence-corrected chi connectivity index (χ3v) is 9.48. The first-order valence-electron chi connectivity index (χ1n) is 17.4. The SMILES string of the molecule is [2H]C([2H])([2H])c1cc(-n2c3ccccc3c3ccc(Oc4ccc5c(c4)-c4nccn4B4N(c6ccccc6)c6ccccc6N45)cc32)ncc1C. The monoisotopic (exact) mass is 623 g/mol. The van der Waals surface area contributed by atoms with Crippen LogP contribution in [0.3, 0.4) is 0 Å².